The van der Waals surface area contributed by atoms with Crippen molar-refractivity contribution in [3.05, 3.63) is 88.4 Å². The quantitative estimate of drug-likeness (QED) is 0.423. The Hall–Kier alpha value is -2.26. The minimum atomic E-state index is -0.132. The van der Waals surface area contributed by atoms with E-state index in [0.717, 1.165) is 23.3 Å². The van der Waals surface area contributed by atoms with Crippen LogP contribution in [-0.2, 0) is 4.74 Å². The standard InChI is InChI=1S/C23H18Cl2O2/c1-23(15-26-23)13-12-16-4-2-3-5-20(16)21-11-10-19(14-22(21)25)27-18-8-6-17(24)7-9-18/h2-14H,15H2,1H3. The summed E-state index contributed by atoms with van der Waals surface area (Å²) in [5.41, 5.74) is 3.00. The first kappa shape index (κ1) is 18.1. The summed E-state index contributed by atoms with van der Waals surface area (Å²) in [6.07, 6.45) is 4.19. The largest absolute Gasteiger partial charge is 0.457 e. The maximum atomic E-state index is 6.58. The van der Waals surface area contributed by atoms with Gasteiger partial charge in [0.05, 0.1) is 11.6 Å². The van der Waals surface area contributed by atoms with Crippen LogP contribution in [0.4, 0.5) is 0 Å². The Morgan fingerprint density at radius 1 is 0.926 bits per heavy atom. The van der Waals surface area contributed by atoms with E-state index < -0.39 is 0 Å². The van der Waals surface area contributed by atoms with Crippen molar-refractivity contribution in [1.82, 2.24) is 0 Å². The van der Waals surface area contributed by atoms with E-state index in [9.17, 15) is 0 Å². The van der Waals surface area contributed by atoms with E-state index >= 15 is 0 Å². The van der Waals surface area contributed by atoms with Crippen LogP contribution < -0.4 is 4.74 Å². The van der Waals surface area contributed by atoms with E-state index in [2.05, 4.69) is 31.2 Å². The molecule has 0 radical (unpaired) electrons. The van der Waals surface area contributed by atoms with Crippen LogP contribution >= 0.6 is 23.2 Å². The Labute approximate surface area is 169 Å². The number of ether oxygens (including phenoxy) is 2. The Balaban J connectivity index is 1.61. The van der Waals surface area contributed by atoms with E-state index in [0.29, 0.717) is 21.5 Å². The van der Waals surface area contributed by atoms with Gasteiger partial charge in [-0.15, -0.1) is 0 Å². The van der Waals surface area contributed by atoms with Crippen molar-refractivity contribution in [2.24, 2.45) is 0 Å². The highest BCUT2D eigenvalue weighted by molar-refractivity contribution is 6.33. The van der Waals surface area contributed by atoms with Crippen molar-refractivity contribution < 1.29 is 9.47 Å². The van der Waals surface area contributed by atoms with Crippen LogP contribution in [0.2, 0.25) is 10.0 Å². The minimum absolute atomic E-state index is 0.132. The molecule has 1 atom stereocenters. The van der Waals surface area contributed by atoms with Gasteiger partial charge in [0.1, 0.15) is 17.1 Å². The third-order valence-electron chi connectivity index (χ3n) is 4.46. The van der Waals surface area contributed by atoms with E-state index in [4.69, 9.17) is 32.7 Å². The molecule has 0 N–H and O–H groups in total. The van der Waals surface area contributed by atoms with E-state index in [-0.39, 0.29) is 5.60 Å². The van der Waals surface area contributed by atoms with Crippen LogP contribution in [0, 0.1) is 0 Å². The van der Waals surface area contributed by atoms with Gasteiger partial charge in [-0.2, -0.15) is 0 Å². The molecule has 136 valence electrons. The Morgan fingerprint density at radius 2 is 1.63 bits per heavy atom. The monoisotopic (exact) mass is 396 g/mol. The zero-order valence-corrected chi connectivity index (χ0v) is 16.3. The molecule has 1 saturated heterocycles. The molecular formula is C23H18Cl2O2. The molecule has 27 heavy (non-hydrogen) atoms. The molecule has 4 heteroatoms. The van der Waals surface area contributed by atoms with Crippen molar-refractivity contribution in [2.45, 2.75) is 12.5 Å². The maximum absolute atomic E-state index is 6.58. The van der Waals surface area contributed by atoms with Gasteiger partial charge in [-0.05, 0) is 54.4 Å². The van der Waals surface area contributed by atoms with Crippen LogP contribution in [0.3, 0.4) is 0 Å². The van der Waals surface area contributed by atoms with Crippen molar-refractivity contribution in [3.63, 3.8) is 0 Å². The molecule has 0 amide bonds. The van der Waals surface area contributed by atoms with Crippen LogP contribution in [-0.4, -0.2) is 12.2 Å². The third-order valence-corrected chi connectivity index (χ3v) is 5.02. The van der Waals surface area contributed by atoms with Crippen LogP contribution in [0.15, 0.2) is 72.8 Å². The summed E-state index contributed by atoms with van der Waals surface area (Å²) in [5, 5.41) is 1.31. The number of halogens is 2. The van der Waals surface area contributed by atoms with Gasteiger partial charge < -0.3 is 9.47 Å². The minimum Gasteiger partial charge on any atom is -0.457 e. The normalized spacial score (nSPS) is 18.6. The molecule has 0 aromatic heterocycles. The first-order valence-corrected chi connectivity index (χ1v) is 9.44. The number of hydrogen-bond donors (Lipinski definition) is 0. The lowest BCUT2D eigenvalue weighted by Crippen LogP contribution is -1.96. The molecule has 1 aliphatic heterocycles. The maximum Gasteiger partial charge on any atom is 0.128 e. The predicted molar refractivity (Wildman–Crippen MR) is 112 cm³/mol. The summed E-state index contributed by atoms with van der Waals surface area (Å²) in [6.45, 7) is 2.84. The van der Waals surface area contributed by atoms with Gasteiger partial charge in [0, 0.05) is 16.7 Å². The summed E-state index contributed by atoms with van der Waals surface area (Å²) < 4.78 is 11.3. The van der Waals surface area contributed by atoms with Crippen LogP contribution in [0.5, 0.6) is 11.5 Å². The summed E-state index contributed by atoms with van der Waals surface area (Å²) in [5.74, 6) is 1.39. The molecule has 0 bridgehead atoms. The SMILES string of the molecule is CC1(C=Cc2ccccc2-c2ccc(Oc3ccc(Cl)cc3)cc2Cl)CO1. The molecule has 1 aliphatic rings. The first-order chi connectivity index (χ1) is 13.0. The highest BCUT2D eigenvalue weighted by atomic mass is 35.5. The van der Waals surface area contributed by atoms with Crippen molar-refractivity contribution in [1.29, 1.82) is 0 Å². The zero-order valence-electron chi connectivity index (χ0n) is 14.8. The molecule has 4 rings (SSSR count). The van der Waals surface area contributed by atoms with E-state index in [1.165, 1.54) is 0 Å². The van der Waals surface area contributed by atoms with E-state index in [1.54, 1.807) is 12.1 Å². The second kappa shape index (κ2) is 7.40. The van der Waals surface area contributed by atoms with Crippen molar-refractivity contribution in [2.75, 3.05) is 6.61 Å². The molecule has 1 heterocycles. The van der Waals surface area contributed by atoms with Gasteiger partial charge in [-0.3, -0.25) is 0 Å². The smallest absolute Gasteiger partial charge is 0.128 e. The highest BCUT2D eigenvalue weighted by Crippen LogP contribution is 2.36. The summed E-state index contributed by atoms with van der Waals surface area (Å²) >= 11 is 12.5. The molecule has 0 aliphatic carbocycles. The average molecular weight is 397 g/mol. The lowest BCUT2D eigenvalue weighted by atomic mass is 9.98. The van der Waals surface area contributed by atoms with Gasteiger partial charge in [-0.1, -0.05) is 59.6 Å². The Bertz CT molecular complexity index is 990. The molecule has 1 fully saturated rings. The number of hydrogen-bond acceptors (Lipinski definition) is 2. The fourth-order valence-corrected chi connectivity index (χ4v) is 3.18. The summed E-state index contributed by atoms with van der Waals surface area (Å²) in [4.78, 5) is 0. The number of epoxide rings is 1. The zero-order chi connectivity index (χ0) is 18.9. The van der Waals surface area contributed by atoms with Gasteiger partial charge in [0.2, 0.25) is 0 Å². The number of benzene rings is 3. The highest BCUT2D eigenvalue weighted by Gasteiger charge is 2.35. The van der Waals surface area contributed by atoms with Crippen LogP contribution in [0.25, 0.3) is 17.2 Å². The van der Waals surface area contributed by atoms with Gasteiger partial charge in [0.15, 0.2) is 0 Å². The lowest BCUT2D eigenvalue weighted by Gasteiger charge is -2.11. The molecule has 1 unspecified atom stereocenters. The molecule has 2 nitrogen and oxygen atoms in total. The predicted octanol–water partition coefficient (Wildman–Crippen LogP) is 7.25. The second-order valence-electron chi connectivity index (χ2n) is 6.72. The van der Waals surface area contributed by atoms with Gasteiger partial charge in [0.25, 0.3) is 0 Å². The van der Waals surface area contributed by atoms with Crippen molar-refractivity contribution >= 4 is 29.3 Å². The Morgan fingerprint density at radius 3 is 2.33 bits per heavy atom. The Kier molecular flexibility index (Phi) is 4.96. The molecule has 0 saturated carbocycles. The third kappa shape index (κ3) is 4.36. The summed E-state index contributed by atoms with van der Waals surface area (Å²) in [6, 6.07) is 21.1. The van der Waals surface area contributed by atoms with Gasteiger partial charge in [-0.25, -0.2) is 0 Å². The number of rotatable bonds is 5. The van der Waals surface area contributed by atoms with Gasteiger partial charge >= 0.3 is 0 Å². The topological polar surface area (TPSA) is 21.8 Å². The van der Waals surface area contributed by atoms with Crippen molar-refractivity contribution in [3.8, 4) is 22.6 Å². The molecule has 0 spiro atoms. The fourth-order valence-electron chi connectivity index (χ4n) is 2.78. The fraction of sp³-hybridized carbons (Fsp3) is 0.130. The van der Waals surface area contributed by atoms with E-state index in [1.807, 2.05) is 42.5 Å². The molecular weight excluding hydrogens is 379 g/mol. The average Bonchev–Trinajstić information content (AvgIpc) is 3.40. The lowest BCUT2D eigenvalue weighted by molar-refractivity contribution is 0.370. The molecule has 3 aromatic carbocycles. The van der Waals surface area contributed by atoms with Crippen LogP contribution in [0.1, 0.15) is 12.5 Å². The summed E-state index contributed by atoms with van der Waals surface area (Å²) in [7, 11) is 0. The molecule has 3 aromatic rings. The second-order valence-corrected chi connectivity index (χ2v) is 7.56. The first-order valence-electron chi connectivity index (χ1n) is 8.68.